The first-order chi connectivity index (χ1) is 11.7. The molecule has 2 aromatic carbocycles. The summed E-state index contributed by atoms with van der Waals surface area (Å²) in [4.78, 5) is 11.8. The van der Waals surface area contributed by atoms with Gasteiger partial charge in [0, 0.05) is 17.6 Å². The van der Waals surface area contributed by atoms with Gasteiger partial charge in [-0.25, -0.2) is 26.3 Å². The molecule has 10 heteroatoms. The first-order valence-electron chi connectivity index (χ1n) is 6.89. The summed E-state index contributed by atoms with van der Waals surface area (Å²) in [6, 6.07) is 7.33. The van der Waals surface area contributed by atoms with Crippen molar-refractivity contribution in [3.8, 4) is 0 Å². The molecule has 1 amide bonds. The van der Waals surface area contributed by atoms with Crippen LogP contribution in [0.1, 0.15) is 10.4 Å². The van der Waals surface area contributed by atoms with E-state index in [-0.39, 0.29) is 18.0 Å². The van der Waals surface area contributed by atoms with Crippen LogP contribution in [0.4, 0.5) is 13.2 Å². The molecule has 0 radical (unpaired) electrons. The minimum absolute atomic E-state index is 0.0358. The number of carbonyl (C=O) groups excluding carboxylic acids is 1. The highest BCUT2D eigenvalue weighted by Crippen LogP contribution is 2.15. The maximum absolute atomic E-state index is 13.5. The summed E-state index contributed by atoms with van der Waals surface area (Å²) < 4.78 is 66.4. The molecule has 0 saturated heterocycles. The van der Waals surface area contributed by atoms with Gasteiger partial charge in [0.2, 0.25) is 10.0 Å². The van der Waals surface area contributed by atoms with Crippen LogP contribution in [0.3, 0.4) is 0 Å². The number of sulfonamides is 1. The SMILES string of the molecule is O=C(NCCNS(=O)(=O)c1ccc(Br)cc1)c1ccc(F)c(F)c1F. The fourth-order valence-corrected chi connectivity index (χ4v) is 3.15. The Hall–Kier alpha value is -1.91. The van der Waals surface area contributed by atoms with E-state index in [1.54, 1.807) is 12.1 Å². The smallest absolute Gasteiger partial charge is 0.254 e. The Kier molecular flexibility index (Phi) is 6.20. The Bertz CT molecular complexity index is 890. The fraction of sp³-hybridized carbons (Fsp3) is 0.133. The molecule has 2 N–H and O–H groups in total. The first kappa shape index (κ1) is 19.4. The van der Waals surface area contributed by atoms with E-state index in [0.29, 0.717) is 10.5 Å². The van der Waals surface area contributed by atoms with Crippen molar-refractivity contribution in [2.24, 2.45) is 0 Å². The first-order valence-corrected chi connectivity index (χ1v) is 9.17. The van der Waals surface area contributed by atoms with E-state index in [0.717, 1.165) is 6.07 Å². The standard InChI is InChI=1S/C15H12BrF3N2O3S/c16-9-1-3-10(4-2-9)25(23,24)21-8-7-20-15(22)11-5-6-12(17)14(19)13(11)18/h1-6,21H,7-8H2,(H,20,22). The molecule has 0 unspecified atom stereocenters. The molecule has 0 saturated carbocycles. The van der Waals surface area contributed by atoms with Gasteiger partial charge in [-0.3, -0.25) is 4.79 Å². The highest BCUT2D eigenvalue weighted by Gasteiger charge is 2.19. The number of carbonyl (C=O) groups is 1. The number of nitrogens with one attached hydrogen (secondary N) is 2. The third kappa shape index (κ3) is 4.80. The minimum atomic E-state index is -3.77. The number of benzene rings is 2. The highest BCUT2D eigenvalue weighted by molar-refractivity contribution is 9.10. The van der Waals surface area contributed by atoms with Gasteiger partial charge in [-0.2, -0.15) is 0 Å². The molecule has 0 aliphatic heterocycles. The molecule has 0 aromatic heterocycles. The van der Waals surface area contributed by atoms with Crippen LogP contribution in [-0.2, 0) is 10.0 Å². The molecular formula is C15H12BrF3N2O3S. The number of amides is 1. The highest BCUT2D eigenvalue weighted by atomic mass is 79.9. The molecule has 25 heavy (non-hydrogen) atoms. The Labute approximate surface area is 150 Å². The van der Waals surface area contributed by atoms with Gasteiger partial charge < -0.3 is 5.32 Å². The summed E-state index contributed by atoms with van der Waals surface area (Å²) in [6.07, 6.45) is 0. The maximum Gasteiger partial charge on any atom is 0.254 e. The van der Waals surface area contributed by atoms with Crippen molar-refractivity contribution in [3.63, 3.8) is 0 Å². The van der Waals surface area contributed by atoms with Crippen LogP contribution in [0.5, 0.6) is 0 Å². The second-order valence-corrected chi connectivity index (χ2v) is 7.51. The van der Waals surface area contributed by atoms with E-state index >= 15 is 0 Å². The Morgan fingerprint density at radius 2 is 1.60 bits per heavy atom. The predicted octanol–water partition coefficient (Wildman–Crippen LogP) is 2.57. The van der Waals surface area contributed by atoms with Crippen LogP contribution in [0.15, 0.2) is 45.8 Å². The second-order valence-electron chi connectivity index (χ2n) is 4.83. The molecule has 0 atom stereocenters. The lowest BCUT2D eigenvalue weighted by atomic mass is 10.2. The molecule has 0 aliphatic carbocycles. The van der Waals surface area contributed by atoms with Crippen LogP contribution in [0, 0.1) is 17.5 Å². The monoisotopic (exact) mass is 436 g/mol. The van der Waals surface area contributed by atoms with Gasteiger partial charge >= 0.3 is 0 Å². The summed E-state index contributed by atoms with van der Waals surface area (Å²) in [5.74, 6) is -5.74. The minimum Gasteiger partial charge on any atom is -0.351 e. The van der Waals surface area contributed by atoms with Crippen molar-refractivity contribution < 1.29 is 26.4 Å². The summed E-state index contributed by atoms with van der Waals surface area (Å²) in [7, 11) is -3.77. The molecule has 0 fully saturated rings. The topological polar surface area (TPSA) is 75.3 Å². The zero-order chi connectivity index (χ0) is 18.6. The van der Waals surface area contributed by atoms with Crippen molar-refractivity contribution in [1.82, 2.24) is 10.0 Å². The van der Waals surface area contributed by atoms with E-state index in [9.17, 15) is 26.4 Å². The second kappa shape index (κ2) is 7.98. The molecular weight excluding hydrogens is 425 g/mol. The lowest BCUT2D eigenvalue weighted by Crippen LogP contribution is -2.35. The molecule has 2 rings (SSSR count). The Morgan fingerprint density at radius 1 is 0.960 bits per heavy atom. The largest absolute Gasteiger partial charge is 0.351 e. The Morgan fingerprint density at radius 3 is 2.24 bits per heavy atom. The Balaban J connectivity index is 1.92. The number of rotatable bonds is 6. The van der Waals surface area contributed by atoms with Gasteiger partial charge in [0.05, 0.1) is 10.5 Å². The van der Waals surface area contributed by atoms with E-state index in [2.05, 4.69) is 26.0 Å². The number of hydrogen-bond donors (Lipinski definition) is 2. The number of halogens is 4. The average Bonchev–Trinajstić information content (AvgIpc) is 2.57. The summed E-state index contributed by atoms with van der Waals surface area (Å²) >= 11 is 3.19. The molecule has 134 valence electrons. The summed E-state index contributed by atoms with van der Waals surface area (Å²) in [6.45, 7) is -0.345. The number of hydrogen-bond acceptors (Lipinski definition) is 3. The third-order valence-electron chi connectivity index (χ3n) is 3.11. The lowest BCUT2D eigenvalue weighted by molar-refractivity contribution is 0.0949. The van der Waals surface area contributed by atoms with Gasteiger partial charge in [-0.05, 0) is 36.4 Å². The molecule has 0 heterocycles. The normalized spacial score (nSPS) is 11.4. The zero-order valence-electron chi connectivity index (χ0n) is 12.5. The fourth-order valence-electron chi connectivity index (χ4n) is 1.85. The van der Waals surface area contributed by atoms with Gasteiger partial charge in [0.15, 0.2) is 17.5 Å². The molecule has 5 nitrogen and oxygen atoms in total. The van der Waals surface area contributed by atoms with Gasteiger partial charge in [0.25, 0.3) is 5.91 Å². The average molecular weight is 437 g/mol. The van der Waals surface area contributed by atoms with Crippen LogP contribution in [-0.4, -0.2) is 27.4 Å². The molecule has 0 spiro atoms. The van der Waals surface area contributed by atoms with Gasteiger partial charge in [0.1, 0.15) is 0 Å². The van der Waals surface area contributed by atoms with Crippen molar-refractivity contribution in [1.29, 1.82) is 0 Å². The predicted molar refractivity (Wildman–Crippen MR) is 88.0 cm³/mol. The van der Waals surface area contributed by atoms with Crippen molar-refractivity contribution in [2.45, 2.75) is 4.90 Å². The third-order valence-corrected chi connectivity index (χ3v) is 5.11. The van der Waals surface area contributed by atoms with Gasteiger partial charge in [-0.1, -0.05) is 15.9 Å². The summed E-state index contributed by atoms with van der Waals surface area (Å²) in [5, 5.41) is 2.22. The quantitative estimate of drug-likeness (QED) is 0.539. The van der Waals surface area contributed by atoms with E-state index in [1.807, 2.05) is 0 Å². The van der Waals surface area contributed by atoms with Crippen molar-refractivity contribution in [2.75, 3.05) is 13.1 Å². The van der Waals surface area contributed by atoms with Crippen LogP contribution in [0.25, 0.3) is 0 Å². The van der Waals surface area contributed by atoms with Crippen LogP contribution < -0.4 is 10.0 Å². The molecule has 0 aliphatic rings. The maximum atomic E-state index is 13.5. The van der Waals surface area contributed by atoms with E-state index in [1.165, 1.54) is 12.1 Å². The lowest BCUT2D eigenvalue weighted by Gasteiger charge is -2.09. The van der Waals surface area contributed by atoms with Crippen LogP contribution >= 0.6 is 15.9 Å². The van der Waals surface area contributed by atoms with E-state index < -0.39 is 38.9 Å². The van der Waals surface area contributed by atoms with E-state index in [4.69, 9.17) is 0 Å². The van der Waals surface area contributed by atoms with Gasteiger partial charge in [-0.15, -0.1) is 0 Å². The van der Waals surface area contributed by atoms with Crippen molar-refractivity contribution >= 4 is 31.9 Å². The van der Waals surface area contributed by atoms with Crippen LogP contribution in [0.2, 0.25) is 0 Å². The molecule has 2 aromatic rings. The van der Waals surface area contributed by atoms with Crippen molar-refractivity contribution in [3.05, 3.63) is 63.9 Å². The summed E-state index contributed by atoms with van der Waals surface area (Å²) in [5.41, 5.74) is -0.672. The molecule has 0 bridgehead atoms. The zero-order valence-corrected chi connectivity index (χ0v) is 14.9.